The van der Waals surface area contributed by atoms with Crippen molar-refractivity contribution < 1.29 is 22.7 Å². The summed E-state index contributed by atoms with van der Waals surface area (Å²) in [5, 5.41) is 12.3. The van der Waals surface area contributed by atoms with Gasteiger partial charge in [-0.05, 0) is 36.8 Å². The molecular formula is C19H16Cl2N2O5S. The number of nitrogens with one attached hydrogen (secondary N) is 1. The largest absolute Gasteiger partial charge is 0.484 e. The Morgan fingerprint density at radius 2 is 1.76 bits per heavy atom. The number of ether oxygens (including phenoxy) is 2. The average Bonchev–Trinajstić information content (AvgIpc) is 2.97. The zero-order valence-corrected chi connectivity index (χ0v) is 17.4. The standard InChI is InChI=1S/C19H16Cl2N2O5S/c20-13-3-12(9-22)4-17(6-13)28-18-7-14(21)5-16(8-18)27-10-19(24)23-15-1-2-29(25,26)11-15/h3-8,15H,1-2,10-11H2,(H,23,24). The van der Waals surface area contributed by atoms with Crippen LogP contribution in [0.25, 0.3) is 0 Å². The molecule has 152 valence electrons. The number of sulfone groups is 1. The molecule has 1 unspecified atom stereocenters. The Hall–Kier alpha value is -2.47. The number of carbonyl (C=O) groups is 1. The molecule has 2 aromatic carbocycles. The first-order valence-electron chi connectivity index (χ1n) is 8.54. The Balaban J connectivity index is 1.62. The lowest BCUT2D eigenvalue weighted by Crippen LogP contribution is -2.38. The maximum absolute atomic E-state index is 12.0. The fourth-order valence-electron chi connectivity index (χ4n) is 2.83. The summed E-state index contributed by atoms with van der Waals surface area (Å²) < 4.78 is 34.0. The molecule has 3 rings (SSSR count). The number of nitriles is 1. The highest BCUT2D eigenvalue weighted by molar-refractivity contribution is 7.91. The molecule has 0 bridgehead atoms. The minimum absolute atomic E-state index is 0.0573. The molecule has 0 aromatic heterocycles. The van der Waals surface area contributed by atoms with Gasteiger partial charge in [0.05, 0.1) is 23.1 Å². The van der Waals surface area contributed by atoms with Gasteiger partial charge < -0.3 is 14.8 Å². The SMILES string of the molecule is N#Cc1cc(Cl)cc(Oc2cc(Cl)cc(OCC(=O)NC3CCS(=O)(=O)C3)c2)c1. The predicted octanol–water partition coefficient (Wildman–Crippen LogP) is 3.34. The van der Waals surface area contributed by atoms with Crippen molar-refractivity contribution in [1.82, 2.24) is 5.32 Å². The summed E-state index contributed by atoms with van der Waals surface area (Å²) in [7, 11) is -3.08. The molecule has 29 heavy (non-hydrogen) atoms. The van der Waals surface area contributed by atoms with Crippen LogP contribution in [0.5, 0.6) is 17.2 Å². The van der Waals surface area contributed by atoms with E-state index in [0.717, 1.165) is 0 Å². The van der Waals surface area contributed by atoms with E-state index >= 15 is 0 Å². The molecule has 0 saturated carbocycles. The number of hydrogen-bond donors (Lipinski definition) is 1. The Labute approximate surface area is 178 Å². The normalized spacial score (nSPS) is 17.3. The lowest BCUT2D eigenvalue weighted by molar-refractivity contribution is -0.123. The Morgan fingerprint density at radius 3 is 2.41 bits per heavy atom. The van der Waals surface area contributed by atoms with Crippen molar-refractivity contribution in [3.8, 4) is 23.3 Å². The van der Waals surface area contributed by atoms with Crippen molar-refractivity contribution >= 4 is 38.9 Å². The van der Waals surface area contributed by atoms with E-state index in [2.05, 4.69) is 5.32 Å². The quantitative estimate of drug-likeness (QED) is 0.717. The van der Waals surface area contributed by atoms with Gasteiger partial charge in [-0.25, -0.2) is 8.42 Å². The van der Waals surface area contributed by atoms with Crippen LogP contribution in [0.15, 0.2) is 36.4 Å². The van der Waals surface area contributed by atoms with Gasteiger partial charge in [0.25, 0.3) is 5.91 Å². The number of hydrogen-bond acceptors (Lipinski definition) is 6. The first kappa shape index (κ1) is 21.2. The third kappa shape index (κ3) is 6.26. The molecule has 1 heterocycles. The maximum atomic E-state index is 12.0. The Morgan fingerprint density at radius 1 is 1.10 bits per heavy atom. The number of amides is 1. The number of nitrogens with zero attached hydrogens (tertiary/aromatic N) is 1. The molecule has 0 spiro atoms. The number of rotatable bonds is 6. The third-order valence-corrected chi connectivity index (χ3v) is 6.25. The smallest absolute Gasteiger partial charge is 0.258 e. The van der Waals surface area contributed by atoms with Crippen LogP contribution in [0.3, 0.4) is 0 Å². The molecule has 1 N–H and O–H groups in total. The maximum Gasteiger partial charge on any atom is 0.258 e. The highest BCUT2D eigenvalue weighted by Gasteiger charge is 2.28. The van der Waals surface area contributed by atoms with Crippen molar-refractivity contribution in [3.05, 3.63) is 52.0 Å². The topological polar surface area (TPSA) is 105 Å². The third-order valence-electron chi connectivity index (χ3n) is 4.05. The summed E-state index contributed by atoms with van der Waals surface area (Å²) >= 11 is 12.1. The first-order valence-corrected chi connectivity index (χ1v) is 11.1. The fourth-order valence-corrected chi connectivity index (χ4v) is 4.94. The number of carbonyl (C=O) groups excluding carboxylic acids is 1. The zero-order chi connectivity index (χ0) is 21.0. The van der Waals surface area contributed by atoms with Gasteiger partial charge in [-0.2, -0.15) is 5.26 Å². The monoisotopic (exact) mass is 454 g/mol. The van der Waals surface area contributed by atoms with Crippen molar-refractivity contribution in [1.29, 1.82) is 5.26 Å². The van der Waals surface area contributed by atoms with Gasteiger partial charge in [-0.3, -0.25) is 4.79 Å². The lowest BCUT2D eigenvalue weighted by atomic mass is 10.2. The molecule has 1 atom stereocenters. The minimum Gasteiger partial charge on any atom is -0.484 e. The van der Waals surface area contributed by atoms with Crippen LogP contribution in [0.1, 0.15) is 12.0 Å². The van der Waals surface area contributed by atoms with Crippen LogP contribution in [0.4, 0.5) is 0 Å². The van der Waals surface area contributed by atoms with Crippen LogP contribution < -0.4 is 14.8 Å². The van der Waals surface area contributed by atoms with Gasteiger partial charge in [-0.15, -0.1) is 0 Å². The minimum atomic E-state index is -3.08. The summed E-state index contributed by atoms with van der Waals surface area (Å²) in [5.74, 6) is 0.568. The zero-order valence-electron chi connectivity index (χ0n) is 15.0. The van der Waals surface area contributed by atoms with E-state index in [9.17, 15) is 13.2 Å². The highest BCUT2D eigenvalue weighted by Crippen LogP contribution is 2.31. The van der Waals surface area contributed by atoms with Crippen LogP contribution >= 0.6 is 23.2 Å². The van der Waals surface area contributed by atoms with Gasteiger partial charge >= 0.3 is 0 Å². The van der Waals surface area contributed by atoms with Crippen LogP contribution in [-0.2, 0) is 14.6 Å². The van der Waals surface area contributed by atoms with Crippen molar-refractivity contribution in [2.24, 2.45) is 0 Å². The van der Waals surface area contributed by atoms with Crippen LogP contribution in [0, 0.1) is 11.3 Å². The molecular weight excluding hydrogens is 439 g/mol. The van der Waals surface area contributed by atoms with E-state index in [4.69, 9.17) is 37.9 Å². The summed E-state index contributed by atoms with van der Waals surface area (Å²) in [6.07, 6.45) is 0.396. The highest BCUT2D eigenvalue weighted by atomic mass is 35.5. The van der Waals surface area contributed by atoms with Crippen molar-refractivity contribution in [3.63, 3.8) is 0 Å². The molecule has 1 saturated heterocycles. The molecule has 0 aliphatic carbocycles. The molecule has 1 aliphatic rings. The Kier molecular flexibility index (Phi) is 6.52. The molecule has 0 radical (unpaired) electrons. The molecule has 10 heteroatoms. The summed E-state index contributed by atoms with van der Waals surface area (Å²) in [4.78, 5) is 12.0. The van der Waals surface area contributed by atoms with Gasteiger partial charge in [-0.1, -0.05) is 23.2 Å². The van der Waals surface area contributed by atoms with E-state index in [1.54, 1.807) is 12.1 Å². The number of benzene rings is 2. The van der Waals surface area contributed by atoms with Gasteiger partial charge in [0, 0.05) is 22.2 Å². The second kappa shape index (κ2) is 8.91. The molecule has 2 aromatic rings. The predicted molar refractivity (Wildman–Crippen MR) is 108 cm³/mol. The van der Waals surface area contributed by atoms with E-state index < -0.39 is 21.8 Å². The van der Waals surface area contributed by atoms with E-state index in [1.807, 2.05) is 6.07 Å². The average molecular weight is 455 g/mol. The van der Waals surface area contributed by atoms with Crippen molar-refractivity contribution in [2.75, 3.05) is 18.1 Å². The molecule has 1 aliphatic heterocycles. The van der Waals surface area contributed by atoms with Gasteiger partial charge in [0.15, 0.2) is 16.4 Å². The van der Waals surface area contributed by atoms with Gasteiger partial charge in [0.2, 0.25) is 0 Å². The lowest BCUT2D eigenvalue weighted by Gasteiger charge is -2.13. The van der Waals surface area contributed by atoms with Crippen LogP contribution in [-0.4, -0.2) is 38.5 Å². The van der Waals surface area contributed by atoms with Gasteiger partial charge in [0.1, 0.15) is 17.2 Å². The molecule has 1 fully saturated rings. The van der Waals surface area contributed by atoms with Crippen LogP contribution in [0.2, 0.25) is 10.0 Å². The first-order chi connectivity index (χ1) is 13.7. The summed E-state index contributed by atoms with van der Waals surface area (Å²) in [6, 6.07) is 10.8. The summed E-state index contributed by atoms with van der Waals surface area (Å²) in [5.41, 5.74) is 0.344. The second-order valence-corrected chi connectivity index (χ2v) is 9.57. The Bertz CT molecular complexity index is 1080. The second-order valence-electron chi connectivity index (χ2n) is 6.47. The molecule has 1 amide bonds. The van der Waals surface area contributed by atoms with Crippen molar-refractivity contribution in [2.45, 2.75) is 12.5 Å². The fraction of sp³-hybridized carbons (Fsp3) is 0.263. The summed E-state index contributed by atoms with van der Waals surface area (Å²) in [6.45, 7) is -0.300. The molecule has 7 nitrogen and oxygen atoms in total. The number of halogens is 2. The van der Waals surface area contributed by atoms with E-state index in [-0.39, 0.29) is 18.1 Å². The van der Waals surface area contributed by atoms with E-state index in [1.165, 1.54) is 24.3 Å². The van der Waals surface area contributed by atoms with E-state index in [0.29, 0.717) is 39.3 Å².